The Morgan fingerprint density at radius 2 is 1.88 bits per heavy atom. The first-order valence-corrected chi connectivity index (χ1v) is 5.56. The summed E-state index contributed by atoms with van der Waals surface area (Å²) in [5.41, 5.74) is 1.29. The molecule has 0 atom stereocenters. The van der Waals surface area contributed by atoms with E-state index in [1.54, 1.807) is 12.4 Å². The monoisotopic (exact) mass is 229 g/mol. The molecule has 1 heterocycles. The van der Waals surface area contributed by atoms with E-state index in [0.717, 1.165) is 6.42 Å². The van der Waals surface area contributed by atoms with E-state index < -0.39 is 0 Å². The smallest absolute Gasteiger partial charge is 0.417 e. The molecule has 17 heavy (non-hydrogen) atoms. The Morgan fingerprint density at radius 3 is 2.47 bits per heavy atom. The molecule has 1 aromatic carbocycles. The third-order valence-corrected chi connectivity index (χ3v) is 2.69. The molecule has 0 saturated carbocycles. The Labute approximate surface area is 101 Å². The van der Waals surface area contributed by atoms with Gasteiger partial charge in [-0.05, 0) is 12.0 Å². The molecular weight excluding hydrogens is 214 g/mol. The van der Waals surface area contributed by atoms with Crippen molar-refractivity contribution in [3.8, 4) is 0 Å². The standard InChI is InChI=1S/C14H15NO2/c1-17-14(16)15-9-7-13(8-10-15)11-12-5-3-2-4-6-12/h2-10,13H,11H2,1H3. The number of carbonyl (C=O) groups excluding carboxylic acids is 1. The molecule has 0 aliphatic carbocycles. The Balaban J connectivity index is 1.95. The maximum atomic E-state index is 11.2. The van der Waals surface area contributed by atoms with Gasteiger partial charge in [0.25, 0.3) is 0 Å². The number of hydrogen-bond donors (Lipinski definition) is 0. The maximum absolute atomic E-state index is 11.2. The van der Waals surface area contributed by atoms with Crippen molar-refractivity contribution in [2.45, 2.75) is 6.42 Å². The van der Waals surface area contributed by atoms with E-state index in [-0.39, 0.29) is 6.09 Å². The van der Waals surface area contributed by atoms with Gasteiger partial charge >= 0.3 is 6.09 Å². The van der Waals surface area contributed by atoms with Crippen molar-refractivity contribution in [3.63, 3.8) is 0 Å². The molecule has 0 aromatic heterocycles. The van der Waals surface area contributed by atoms with Gasteiger partial charge in [0.05, 0.1) is 7.11 Å². The van der Waals surface area contributed by atoms with Crippen LogP contribution in [0, 0.1) is 5.92 Å². The van der Waals surface area contributed by atoms with Crippen molar-refractivity contribution in [3.05, 3.63) is 60.4 Å². The summed E-state index contributed by atoms with van der Waals surface area (Å²) in [5.74, 6) is 0.332. The minimum absolute atomic E-state index is 0.332. The summed E-state index contributed by atoms with van der Waals surface area (Å²) in [6.45, 7) is 0. The number of benzene rings is 1. The van der Waals surface area contributed by atoms with Gasteiger partial charge in [-0.25, -0.2) is 4.79 Å². The number of nitrogens with zero attached hydrogens (tertiary/aromatic N) is 1. The van der Waals surface area contributed by atoms with Crippen LogP contribution < -0.4 is 0 Å². The summed E-state index contributed by atoms with van der Waals surface area (Å²) in [6.07, 6.45) is 8.09. The van der Waals surface area contributed by atoms with Gasteiger partial charge in [-0.2, -0.15) is 0 Å². The molecule has 0 bridgehead atoms. The molecule has 1 aliphatic rings. The van der Waals surface area contributed by atoms with Crippen LogP contribution in [0.4, 0.5) is 4.79 Å². The minimum atomic E-state index is -0.365. The highest BCUT2D eigenvalue weighted by atomic mass is 16.5. The van der Waals surface area contributed by atoms with Crippen LogP contribution in [-0.4, -0.2) is 18.1 Å². The van der Waals surface area contributed by atoms with Crippen molar-refractivity contribution >= 4 is 6.09 Å². The topological polar surface area (TPSA) is 29.5 Å². The van der Waals surface area contributed by atoms with Gasteiger partial charge < -0.3 is 4.74 Å². The van der Waals surface area contributed by atoms with Crippen LogP contribution in [0.3, 0.4) is 0 Å². The molecule has 0 fully saturated rings. The quantitative estimate of drug-likeness (QED) is 0.780. The number of amides is 1. The molecule has 2 rings (SSSR count). The largest absolute Gasteiger partial charge is 0.452 e. The van der Waals surface area contributed by atoms with Crippen molar-refractivity contribution in [1.82, 2.24) is 4.90 Å². The van der Waals surface area contributed by atoms with Crippen molar-refractivity contribution in [2.75, 3.05) is 7.11 Å². The third kappa shape index (κ3) is 2.97. The normalized spacial score (nSPS) is 15.0. The lowest BCUT2D eigenvalue weighted by Crippen LogP contribution is -2.22. The summed E-state index contributed by atoms with van der Waals surface area (Å²) < 4.78 is 4.63. The fourth-order valence-electron chi connectivity index (χ4n) is 1.77. The van der Waals surface area contributed by atoms with Gasteiger partial charge in [-0.1, -0.05) is 42.5 Å². The summed E-state index contributed by atoms with van der Waals surface area (Å²) in [7, 11) is 1.38. The Morgan fingerprint density at radius 1 is 1.24 bits per heavy atom. The predicted octanol–water partition coefficient (Wildman–Crippen LogP) is 2.95. The van der Waals surface area contributed by atoms with Crippen molar-refractivity contribution < 1.29 is 9.53 Å². The molecule has 1 amide bonds. The number of hydrogen-bond acceptors (Lipinski definition) is 2. The first-order chi connectivity index (χ1) is 8.29. The molecule has 1 aliphatic heterocycles. The van der Waals surface area contributed by atoms with Crippen LogP contribution in [0.2, 0.25) is 0 Å². The second-order valence-electron chi connectivity index (χ2n) is 3.91. The van der Waals surface area contributed by atoms with Crippen molar-refractivity contribution in [2.24, 2.45) is 5.92 Å². The average molecular weight is 229 g/mol. The van der Waals surface area contributed by atoms with Crippen LogP contribution in [0.25, 0.3) is 0 Å². The maximum Gasteiger partial charge on any atom is 0.417 e. The number of allylic oxidation sites excluding steroid dienone is 2. The van der Waals surface area contributed by atoms with E-state index in [1.807, 2.05) is 30.4 Å². The van der Waals surface area contributed by atoms with Gasteiger partial charge in [-0.3, -0.25) is 4.90 Å². The first-order valence-electron chi connectivity index (χ1n) is 5.56. The summed E-state index contributed by atoms with van der Waals surface area (Å²) in [5, 5.41) is 0. The molecular formula is C14H15NO2. The number of carbonyl (C=O) groups is 1. The van der Waals surface area contributed by atoms with E-state index in [2.05, 4.69) is 16.9 Å². The SMILES string of the molecule is COC(=O)N1C=CC(Cc2ccccc2)C=C1. The van der Waals surface area contributed by atoms with E-state index in [9.17, 15) is 4.79 Å². The van der Waals surface area contributed by atoms with Crippen LogP contribution in [0.15, 0.2) is 54.9 Å². The lowest BCUT2D eigenvalue weighted by molar-refractivity contribution is 0.151. The Hall–Kier alpha value is -2.03. The molecule has 0 unspecified atom stereocenters. The second-order valence-corrected chi connectivity index (χ2v) is 3.91. The highest BCUT2D eigenvalue weighted by molar-refractivity contribution is 5.70. The molecule has 0 saturated heterocycles. The molecule has 1 aromatic rings. The van der Waals surface area contributed by atoms with Gasteiger partial charge in [0.15, 0.2) is 0 Å². The van der Waals surface area contributed by atoms with Gasteiger partial charge in [0.1, 0.15) is 0 Å². The lowest BCUT2D eigenvalue weighted by Gasteiger charge is -2.18. The number of rotatable bonds is 2. The average Bonchev–Trinajstić information content (AvgIpc) is 2.40. The minimum Gasteiger partial charge on any atom is -0.452 e. The van der Waals surface area contributed by atoms with E-state index in [1.165, 1.54) is 17.6 Å². The third-order valence-electron chi connectivity index (χ3n) is 2.69. The molecule has 88 valence electrons. The highest BCUT2D eigenvalue weighted by Gasteiger charge is 2.13. The van der Waals surface area contributed by atoms with E-state index >= 15 is 0 Å². The molecule has 3 nitrogen and oxygen atoms in total. The summed E-state index contributed by atoms with van der Waals surface area (Å²) in [6, 6.07) is 10.3. The summed E-state index contributed by atoms with van der Waals surface area (Å²) >= 11 is 0. The molecule has 3 heteroatoms. The molecule has 0 spiro atoms. The first kappa shape index (κ1) is 11.5. The van der Waals surface area contributed by atoms with Gasteiger partial charge in [-0.15, -0.1) is 0 Å². The summed E-state index contributed by atoms with van der Waals surface area (Å²) in [4.78, 5) is 12.7. The zero-order chi connectivity index (χ0) is 12.1. The molecule has 0 N–H and O–H groups in total. The van der Waals surface area contributed by atoms with Crippen LogP contribution in [0.5, 0.6) is 0 Å². The van der Waals surface area contributed by atoms with Crippen LogP contribution in [0.1, 0.15) is 5.56 Å². The fraction of sp³-hybridized carbons (Fsp3) is 0.214. The number of methoxy groups -OCH3 is 1. The highest BCUT2D eigenvalue weighted by Crippen LogP contribution is 2.16. The molecule has 0 radical (unpaired) electrons. The van der Waals surface area contributed by atoms with Gasteiger partial charge in [0.2, 0.25) is 0 Å². The Kier molecular flexibility index (Phi) is 3.60. The Bertz CT molecular complexity index is 423. The van der Waals surface area contributed by atoms with E-state index in [0.29, 0.717) is 5.92 Å². The van der Waals surface area contributed by atoms with Crippen LogP contribution >= 0.6 is 0 Å². The van der Waals surface area contributed by atoms with Crippen LogP contribution in [-0.2, 0) is 11.2 Å². The fourth-order valence-corrected chi connectivity index (χ4v) is 1.77. The predicted molar refractivity (Wildman–Crippen MR) is 66.2 cm³/mol. The zero-order valence-electron chi connectivity index (χ0n) is 9.74. The second kappa shape index (κ2) is 5.34. The number of ether oxygens (including phenoxy) is 1. The zero-order valence-corrected chi connectivity index (χ0v) is 9.74. The van der Waals surface area contributed by atoms with Crippen molar-refractivity contribution in [1.29, 1.82) is 0 Å². The lowest BCUT2D eigenvalue weighted by atomic mass is 9.98. The van der Waals surface area contributed by atoms with E-state index in [4.69, 9.17) is 0 Å². The van der Waals surface area contributed by atoms with Gasteiger partial charge in [0, 0.05) is 18.3 Å².